The molecule has 4 heterocycles. The Morgan fingerprint density at radius 1 is 1.14 bits per heavy atom. The minimum Gasteiger partial charge on any atom is -0.313 e. The minimum atomic E-state index is -0.656. The molecule has 0 fully saturated rings. The molecule has 0 spiro atoms. The third kappa shape index (κ3) is 3.68. The smallest absolute Gasteiger partial charge is 0.313 e. The monoisotopic (exact) mass is 411 g/mol. The molecular weight excluding hydrogens is 398 g/mol. The fourth-order valence-corrected chi connectivity index (χ4v) is 3.90. The average Bonchev–Trinajstić information content (AvgIpc) is 3.38. The normalized spacial score (nSPS) is 10.7. The Morgan fingerprint density at radius 3 is 2.79 bits per heavy atom. The quantitative estimate of drug-likeness (QED) is 0.524. The van der Waals surface area contributed by atoms with Crippen molar-refractivity contribution in [1.82, 2.24) is 19.5 Å². The number of hydrogen-bond acceptors (Lipinski definition) is 7. The molecule has 8 nitrogen and oxygen atoms in total. The molecule has 1 amide bonds. The van der Waals surface area contributed by atoms with E-state index in [1.54, 1.807) is 17.6 Å². The molecule has 4 aromatic rings. The molecule has 140 valence electrons. The number of aromatic amines is 1. The second-order valence-electron chi connectivity index (χ2n) is 5.69. The lowest BCUT2D eigenvalue weighted by atomic mass is 10.3. The number of nitrogens with one attached hydrogen (secondary N) is 2. The molecule has 2 N–H and O–H groups in total. The van der Waals surface area contributed by atoms with Gasteiger partial charge in [-0.2, -0.15) is 0 Å². The highest BCUT2D eigenvalue weighted by molar-refractivity contribution is 7.14. The number of pyridine rings is 1. The average molecular weight is 411 g/mol. The van der Waals surface area contributed by atoms with E-state index < -0.39 is 17.2 Å². The second kappa shape index (κ2) is 7.71. The predicted molar refractivity (Wildman–Crippen MR) is 108 cm³/mol. The van der Waals surface area contributed by atoms with E-state index in [2.05, 4.69) is 20.3 Å². The van der Waals surface area contributed by atoms with E-state index in [1.807, 2.05) is 29.6 Å². The van der Waals surface area contributed by atoms with Crippen molar-refractivity contribution >= 4 is 33.7 Å². The molecule has 0 saturated carbocycles. The van der Waals surface area contributed by atoms with Gasteiger partial charge in [0.2, 0.25) is 0 Å². The number of amides is 1. The number of rotatable bonds is 5. The number of nitrogens with zero attached hydrogens (tertiary/aromatic N) is 3. The van der Waals surface area contributed by atoms with Crippen LogP contribution in [0.25, 0.3) is 11.4 Å². The molecule has 0 unspecified atom stereocenters. The van der Waals surface area contributed by atoms with Crippen LogP contribution in [0.15, 0.2) is 63.1 Å². The number of thiophene rings is 1. The number of hydrogen-bond donors (Lipinski definition) is 2. The van der Waals surface area contributed by atoms with Crippen LogP contribution >= 0.6 is 22.7 Å². The molecule has 10 heteroatoms. The Hall–Kier alpha value is -3.37. The third-order valence-corrected chi connectivity index (χ3v) is 5.47. The van der Waals surface area contributed by atoms with Gasteiger partial charge >= 0.3 is 5.69 Å². The Labute approximate surface area is 166 Å². The van der Waals surface area contributed by atoms with Crippen molar-refractivity contribution in [2.24, 2.45) is 0 Å². The van der Waals surface area contributed by atoms with E-state index in [1.165, 1.54) is 22.7 Å². The van der Waals surface area contributed by atoms with Crippen LogP contribution < -0.4 is 16.6 Å². The first-order chi connectivity index (χ1) is 13.6. The van der Waals surface area contributed by atoms with Gasteiger partial charge in [0.1, 0.15) is 11.3 Å². The van der Waals surface area contributed by atoms with Crippen molar-refractivity contribution in [3.63, 3.8) is 0 Å². The molecule has 28 heavy (non-hydrogen) atoms. The maximum Gasteiger partial charge on any atom is 0.328 e. The number of carbonyl (C=O) groups is 1. The van der Waals surface area contributed by atoms with Crippen LogP contribution in [-0.2, 0) is 6.54 Å². The van der Waals surface area contributed by atoms with Crippen molar-refractivity contribution in [3.8, 4) is 11.4 Å². The van der Waals surface area contributed by atoms with Crippen molar-refractivity contribution in [3.05, 3.63) is 84.8 Å². The van der Waals surface area contributed by atoms with Crippen LogP contribution in [-0.4, -0.2) is 25.4 Å². The molecule has 0 bridgehead atoms. The SMILES string of the molecule is O=C(Nc1nc(-c2ccccn2)cs1)c1c[nH]c(=O)n(Cc2cccs2)c1=O. The first kappa shape index (κ1) is 18.0. The van der Waals surface area contributed by atoms with Gasteiger partial charge in [-0.25, -0.2) is 9.78 Å². The first-order valence-electron chi connectivity index (χ1n) is 8.15. The summed E-state index contributed by atoms with van der Waals surface area (Å²) in [5.41, 5.74) is -0.0809. The maximum absolute atomic E-state index is 12.6. The summed E-state index contributed by atoms with van der Waals surface area (Å²) in [6.07, 6.45) is 2.78. The summed E-state index contributed by atoms with van der Waals surface area (Å²) in [6.45, 7) is 0.105. The lowest BCUT2D eigenvalue weighted by Gasteiger charge is -2.06. The zero-order valence-electron chi connectivity index (χ0n) is 14.3. The summed E-state index contributed by atoms with van der Waals surface area (Å²) in [7, 11) is 0. The molecule has 0 atom stereocenters. The molecule has 4 rings (SSSR count). The number of thiazole rings is 1. The molecular formula is C18H13N5O3S2. The van der Waals surface area contributed by atoms with Crippen LogP contribution in [0.1, 0.15) is 15.2 Å². The molecule has 4 aromatic heterocycles. The standard InChI is InChI=1S/C18H13N5O3S2/c24-15(22-17-21-14(10-28-17)13-5-1-2-6-19-13)12-8-20-18(26)23(16(12)25)9-11-4-3-7-27-11/h1-8,10H,9H2,(H,20,26)(H,21,22,24). The fraction of sp³-hybridized carbons (Fsp3) is 0.0556. The van der Waals surface area contributed by atoms with Gasteiger partial charge in [-0.15, -0.1) is 22.7 Å². The number of aromatic nitrogens is 4. The van der Waals surface area contributed by atoms with Crippen molar-refractivity contribution < 1.29 is 4.79 Å². The Kier molecular flexibility index (Phi) is 4.96. The zero-order chi connectivity index (χ0) is 19.5. The Morgan fingerprint density at radius 2 is 2.04 bits per heavy atom. The van der Waals surface area contributed by atoms with Crippen molar-refractivity contribution in [1.29, 1.82) is 0 Å². The van der Waals surface area contributed by atoms with E-state index in [0.717, 1.165) is 15.6 Å². The van der Waals surface area contributed by atoms with E-state index in [9.17, 15) is 14.4 Å². The topological polar surface area (TPSA) is 110 Å². The Bertz CT molecular complexity index is 1230. The summed E-state index contributed by atoms with van der Waals surface area (Å²) in [5.74, 6) is -0.636. The number of anilines is 1. The van der Waals surface area contributed by atoms with Gasteiger partial charge in [0.25, 0.3) is 11.5 Å². The highest BCUT2D eigenvalue weighted by Gasteiger charge is 2.17. The predicted octanol–water partition coefficient (Wildman–Crippen LogP) is 2.42. The van der Waals surface area contributed by atoms with Crippen LogP contribution in [0.3, 0.4) is 0 Å². The van der Waals surface area contributed by atoms with Crippen LogP contribution in [0, 0.1) is 0 Å². The fourth-order valence-electron chi connectivity index (χ4n) is 2.50. The summed E-state index contributed by atoms with van der Waals surface area (Å²) in [5, 5.41) is 6.55. The van der Waals surface area contributed by atoms with E-state index in [-0.39, 0.29) is 12.1 Å². The van der Waals surface area contributed by atoms with Crippen LogP contribution in [0.5, 0.6) is 0 Å². The lowest BCUT2D eigenvalue weighted by molar-refractivity contribution is 0.102. The van der Waals surface area contributed by atoms with E-state index >= 15 is 0 Å². The van der Waals surface area contributed by atoms with Crippen molar-refractivity contribution in [2.75, 3.05) is 5.32 Å². The van der Waals surface area contributed by atoms with Gasteiger partial charge in [-0.05, 0) is 23.6 Å². The summed E-state index contributed by atoms with van der Waals surface area (Å²) >= 11 is 2.65. The molecule has 0 aromatic carbocycles. The van der Waals surface area contributed by atoms with Gasteiger partial charge < -0.3 is 4.98 Å². The second-order valence-corrected chi connectivity index (χ2v) is 7.58. The maximum atomic E-state index is 12.6. The lowest BCUT2D eigenvalue weighted by Crippen LogP contribution is -2.39. The summed E-state index contributed by atoms with van der Waals surface area (Å²) < 4.78 is 1.00. The van der Waals surface area contributed by atoms with Crippen LogP contribution in [0.2, 0.25) is 0 Å². The molecule has 0 aliphatic rings. The summed E-state index contributed by atoms with van der Waals surface area (Å²) in [4.78, 5) is 49.0. The molecule has 0 saturated heterocycles. The molecule has 0 aliphatic heterocycles. The highest BCUT2D eigenvalue weighted by Crippen LogP contribution is 2.23. The summed E-state index contributed by atoms with van der Waals surface area (Å²) in [6, 6.07) is 9.10. The van der Waals surface area contributed by atoms with Gasteiger partial charge in [-0.3, -0.25) is 24.5 Å². The zero-order valence-corrected chi connectivity index (χ0v) is 15.9. The van der Waals surface area contributed by atoms with Crippen LogP contribution in [0.4, 0.5) is 5.13 Å². The van der Waals surface area contributed by atoms with E-state index in [4.69, 9.17) is 0 Å². The largest absolute Gasteiger partial charge is 0.328 e. The number of H-pyrrole nitrogens is 1. The van der Waals surface area contributed by atoms with Gasteiger partial charge in [0, 0.05) is 22.7 Å². The van der Waals surface area contributed by atoms with Gasteiger partial charge in [-0.1, -0.05) is 12.1 Å². The Balaban J connectivity index is 1.58. The van der Waals surface area contributed by atoms with Crippen molar-refractivity contribution in [2.45, 2.75) is 6.54 Å². The number of carbonyl (C=O) groups excluding carboxylic acids is 1. The molecule has 0 aliphatic carbocycles. The highest BCUT2D eigenvalue weighted by atomic mass is 32.1. The van der Waals surface area contributed by atoms with Gasteiger partial charge in [0.15, 0.2) is 5.13 Å². The minimum absolute atomic E-state index is 0.105. The molecule has 0 radical (unpaired) electrons. The third-order valence-electron chi connectivity index (χ3n) is 3.85. The first-order valence-corrected chi connectivity index (χ1v) is 9.91. The van der Waals surface area contributed by atoms with E-state index in [0.29, 0.717) is 16.5 Å². The van der Waals surface area contributed by atoms with Gasteiger partial charge in [0.05, 0.1) is 12.2 Å².